The first-order valence-corrected chi connectivity index (χ1v) is 12.0. The molecule has 0 aromatic heterocycles. The molecule has 0 radical (unpaired) electrons. The number of fused-ring (bicyclic) bond motifs is 1. The summed E-state index contributed by atoms with van der Waals surface area (Å²) < 4.78 is 45.7. The molecule has 0 bridgehead atoms. The van der Waals surface area contributed by atoms with Crippen LogP contribution in [0.4, 0.5) is 18.9 Å². The summed E-state index contributed by atoms with van der Waals surface area (Å²) >= 11 is 0. The number of benzene rings is 4. The monoisotopic (exact) mass is 502 g/mol. The molecule has 0 atom stereocenters. The quantitative estimate of drug-likeness (QED) is 0.297. The minimum absolute atomic E-state index is 0.0587. The van der Waals surface area contributed by atoms with Gasteiger partial charge in [0, 0.05) is 23.2 Å². The second kappa shape index (κ2) is 10.5. The van der Waals surface area contributed by atoms with Gasteiger partial charge in [-0.25, -0.2) is 0 Å². The Morgan fingerprint density at radius 2 is 1.73 bits per heavy atom. The lowest BCUT2D eigenvalue weighted by atomic mass is 9.93. The molecule has 5 rings (SSSR count). The van der Waals surface area contributed by atoms with E-state index in [0.29, 0.717) is 23.4 Å². The zero-order chi connectivity index (χ0) is 25.8. The van der Waals surface area contributed by atoms with E-state index in [4.69, 9.17) is 4.74 Å². The van der Waals surface area contributed by atoms with Crippen molar-refractivity contribution >= 4 is 27.9 Å². The lowest BCUT2D eigenvalue weighted by Crippen LogP contribution is -2.21. The number of nitrogens with one attached hydrogen (secondary N) is 2. The molecule has 4 aromatic rings. The predicted octanol–water partition coefficient (Wildman–Crippen LogP) is 7.07. The lowest BCUT2D eigenvalue weighted by molar-refractivity contribution is -0.139. The zero-order valence-corrected chi connectivity index (χ0v) is 19.9. The molecule has 4 nitrogen and oxygen atoms in total. The molecule has 0 aliphatic carbocycles. The average Bonchev–Trinajstić information content (AvgIpc) is 2.92. The van der Waals surface area contributed by atoms with E-state index >= 15 is 0 Å². The van der Waals surface area contributed by atoms with Crippen molar-refractivity contribution in [1.82, 2.24) is 5.32 Å². The van der Waals surface area contributed by atoms with Gasteiger partial charge in [0.2, 0.25) is 0 Å². The van der Waals surface area contributed by atoms with Crippen LogP contribution in [0.15, 0.2) is 91.0 Å². The van der Waals surface area contributed by atoms with Crippen molar-refractivity contribution in [2.75, 3.05) is 18.4 Å². The summed E-state index contributed by atoms with van der Waals surface area (Å²) in [4.78, 5) is 13.5. The summed E-state index contributed by atoms with van der Waals surface area (Å²) in [6.07, 6.45) is -1.74. The van der Waals surface area contributed by atoms with Gasteiger partial charge in [-0.2, -0.15) is 13.2 Å². The molecule has 4 aromatic carbocycles. The molecule has 1 heterocycles. The number of anilines is 1. The summed E-state index contributed by atoms with van der Waals surface area (Å²) in [5.74, 6) is -0.476. The Morgan fingerprint density at radius 3 is 2.54 bits per heavy atom. The first-order chi connectivity index (χ1) is 17.9. The second-order valence-corrected chi connectivity index (χ2v) is 8.83. The first-order valence-electron chi connectivity index (χ1n) is 12.0. The highest BCUT2D eigenvalue weighted by Crippen LogP contribution is 2.36. The van der Waals surface area contributed by atoms with Crippen LogP contribution in [-0.2, 0) is 12.8 Å². The Hall–Kier alpha value is -4.10. The third-order valence-corrected chi connectivity index (χ3v) is 6.36. The van der Waals surface area contributed by atoms with E-state index in [1.165, 1.54) is 18.2 Å². The number of amides is 1. The number of hydrogen-bond acceptors (Lipinski definition) is 3. The smallest absolute Gasteiger partial charge is 0.419 e. The number of ether oxygens (including phenoxy) is 1. The fourth-order valence-corrected chi connectivity index (χ4v) is 4.52. The van der Waals surface area contributed by atoms with E-state index in [0.717, 1.165) is 40.9 Å². The van der Waals surface area contributed by atoms with E-state index < -0.39 is 11.7 Å². The molecule has 0 fully saturated rings. The van der Waals surface area contributed by atoms with Gasteiger partial charge in [-0.3, -0.25) is 4.79 Å². The van der Waals surface area contributed by atoms with Gasteiger partial charge in [0.25, 0.3) is 5.91 Å². The van der Waals surface area contributed by atoms with E-state index in [9.17, 15) is 18.0 Å². The van der Waals surface area contributed by atoms with Crippen LogP contribution >= 0.6 is 0 Å². The van der Waals surface area contributed by atoms with Gasteiger partial charge < -0.3 is 15.4 Å². The molecule has 1 aliphatic rings. The van der Waals surface area contributed by atoms with E-state index in [1.54, 1.807) is 12.1 Å². The number of halogens is 3. The third kappa shape index (κ3) is 5.52. The van der Waals surface area contributed by atoms with Gasteiger partial charge in [0.1, 0.15) is 12.4 Å². The highest BCUT2D eigenvalue weighted by atomic mass is 19.4. The summed E-state index contributed by atoms with van der Waals surface area (Å²) in [5, 5.41) is 8.27. The molecule has 2 N–H and O–H groups in total. The van der Waals surface area contributed by atoms with Gasteiger partial charge >= 0.3 is 6.18 Å². The van der Waals surface area contributed by atoms with Crippen LogP contribution in [0.5, 0.6) is 5.75 Å². The van der Waals surface area contributed by atoms with Crippen LogP contribution in [0.3, 0.4) is 0 Å². The Labute approximate surface area is 212 Å². The van der Waals surface area contributed by atoms with Gasteiger partial charge in [-0.1, -0.05) is 60.7 Å². The number of para-hydroxylation sites is 1. The van der Waals surface area contributed by atoms with Crippen molar-refractivity contribution in [3.05, 3.63) is 113 Å². The lowest BCUT2D eigenvalue weighted by Gasteiger charge is -2.19. The standard InChI is InChI=1S/C30H25F3N2O2/c31-30(32,33)26-9-3-4-11-28(26)37-19-20-12-13-24(25(18-20)22-14-16-34-17-15-22)29(36)35-27-10-5-7-21-6-1-2-8-23(21)27/h1-14,18,34H,15-17,19H2,(H,35,36). The number of carbonyl (C=O) groups excluding carboxylic acids is 1. The molecular formula is C30H25F3N2O2. The summed E-state index contributed by atoms with van der Waals surface area (Å²) in [6, 6.07) is 24.0. The van der Waals surface area contributed by atoms with Crippen molar-refractivity contribution in [2.24, 2.45) is 0 Å². The van der Waals surface area contributed by atoms with Crippen LogP contribution in [0.25, 0.3) is 16.3 Å². The fraction of sp³-hybridized carbons (Fsp3) is 0.167. The molecule has 0 saturated heterocycles. The Balaban J connectivity index is 1.44. The molecule has 0 saturated carbocycles. The number of carbonyl (C=O) groups is 1. The number of hydrogen-bond donors (Lipinski definition) is 2. The summed E-state index contributed by atoms with van der Waals surface area (Å²) in [7, 11) is 0. The fourth-order valence-electron chi connectivity index (χ4n) is 4.52. The third-order valence-electron chi connectivity index (χ3n) is 6.36. The van der Waals surface area contributed by atoms with Crippen LogP contribution in [0.2, 0.25) is 0 Å². The maximum absolute atomic E-state index is 13.5. The van der Waals surface area contributed by atoms with Crippen molar-refractivity contribution in [3.8, 4) is 5.75 Å². The Morgan fingerprint density at radius 1 is 0.946 bits per heavy atom. The minimum atomic E-state index is -4.51. The highest BCUT2D eigenvalue weighted by molar-refractivity contribution is 6.11. The van der Waals surface area contributed by atoms with Gasteiger partial charge in [0.15, 0.2) is 0 Å². The molecule has 188 valence electrons. The maximum atomic E-state index is 13.5. The van der Waals surface area contributed by atoms with Crippen molar-refractivity contribution in [1.29, 1.82) is 0 Å². The Kier molecular flexibility index (Phi) is 6.97. The van der Waals surface area contributed by atoms with Crippen LogP contribution in [-0.4, -0.2) is 19.0 Å². The number of alkyl halides is 3. The second-order valence-electron chi connectivity index (χ2n) is 8.83. The van der Waals surface area contributed by atoms with E-state index in [2.05, 4.69) is 10.6 Å². The molecule has 7 heteroatoms. The SMILES string of the molecule is O=C(Nc1cccc2ccccc12)c1ccc(COc2ccccc2C(F)(F)F)cc1C1=CCNCC1. The summed E-state index contributed by atoms with van der Waals surface area (Å²) in [5.41, 5.74) is 2.84. The molecular weight excluding hydrogens is 477 g/mol. The largest absolute Gasteiger partial charge is 0.488 e. The maximum Gasteiger partial charge on any atom is 0.419 e. The van der Waals surface area contributed by atoms with Crippen LogP contribution in [0.1, 0.15) is 33.5 Å². The van der Waals surface area contributed by atoms with Crippen LogP contribution < -0.4 is 15.4 Å². The molecule has 1 amide bonds. The van der Waals surface area contributed by atoms with Gasteiger partial charge in [-0.15, -0.1) is 0 Å². The van der Waals surface area contributed by atoms with Crippen molar-refractivity contribution < 1.29 is 22.7 Å². The van der Waals surface area contributed by atoms with Gasteiger partial charge in [-0.05, 0) is 65.4 Å². The summed E-state index contributed by atoms with van der Waals surface area (Å²) in [6.45, 7) is 1.39. The topological polar surface area (TPSA) is 50.4 Å². The zero-order valence-electron chi connectivity index (χ0n) is 19.9. The van der Waals surface area contributed by atoms with Crippen LogP contribution in [0, 0.1) is 0 Å². The normalized spacial score (nSPS) is 13.8. The predicted molar refractivity (Wildman–Crippen MR) is 140 cm³/mol. The average molecular weight is 503 g/mol. The molecule has 37 heavy (non-hydrogen) atoms. The van der Waals surface area contributed by atoms with E-state index in [-0.39, 0.29) is 18.3 Å². The molecule has 0 unspecified atom stereocenters. The van der Waals surface area contributed by atoms with Crippen molar-refractivity contribution in [3.63, 3.8) is 0 Å². The molecule has 1 aliphatic heterocycles. The first kappa shape index (κ1) is 24.6. The molecule has 0 spiro atoms. The van der Waals surface area contributed by atoms with Gasteiger partial charge in [0.05, 0.1) is 5.56 Å². The number of rotatable bonds is 6. The Bertz CT molecular complexity index is 1470. The minimum Gasteiger partial charge on any atom is -0.488 e. The van der Waals surface area contributed by atoms with E-state index in [1.807, 2.05) is 54.6 Å². The highest BCUT2D eigenvalue weighted by Gasteiger charge is 2.34. The van der Waals surface area contributed by atoms with Crippen molar-refractivity contribution in [2.45, 2.75) is 19.2 Å².